The summed E-state index contributed by atoms with van der Waals surface area (Å²) in [6, 6.07) is 18.0. The van der Waals surface area contributed by atoms with Gasteiger partial charge in [-0.05, 0) is 35.2 Å². The topological polar surface area (TPSA) is 53.9 Å². The molecule has 0 atom stereocenters. The van der Waals surface area contributed by atoms with Crippen molar-refractivity contribution < 1.29 is 4.79 Å². The first kappa shape index (κ1) is 16.1. The lowest BCUT2D eigenvalue weighted by Crippen LogP contribution is -2.30. The highest BCUT2D eigenvalue weighted by atomic mass is 16.2. The van der Waals surface area contributed by atoms with Gasteiger partial charge in [0.05, 0.1) is 6.20 Å². The van der Waals surface area contributed by atoms with Crippen LogP contribution in [0, 0.1) is 0 Å². The number of para-hydroxylation sites is 1. The van der Waals surface area contributed by atoms with Crippen LogP contribution >= 0.6 is 0 Å². The van der Waals surface area contributed by atoms with E-state index < -0.39 is 0 Å². The van der Waals surface area contributed by atoms with Gasteiger partial charge in [-0.1, -0.05) is 30.3 Å². The second kappa shape index (κ2) is 6.88. The van der Waals surface area contributed by atoms with Gasteiger partial charge in [-0.2, -0.15) is 5.10 Å². The van der Waals surface area contributed by atoms with Crippen LogP contribution in [0.3, 0.4) is 0 Å². The number of hydrogen-bond donors (Lipinski definition) is 1. The van der Waals surface area contributed by atoms with E-state index in [0.29, 0.717) is 12.1 Å². The lowest BCUT2D eigenvalue weighted by atomic mass is 10.1. The highest BCUT2D eigenvalue weighted by Gasteiger charge is 2.13. The second-order valence-corrected chi connectivity index (χ2v) is 6.36. The van der Waals surface area contributed by atoms with Crippen molar-refractivity contribution in [1.29, 1.82) is 0 Å². The Kier molecular flexibility index (Phi) is 4.27. The summed E-state index contributed by atoms with van der Waals surface area (Å²) >= 11 is 0. The fourth-order valence-electron chi connectivity index (χ4n) is 3.16. The van der Waals surface area contributed by atoms with E-state index in [2.05, 4.69) is 39.2 Å². The number of H-pyrrole nitrogens is 1. The molecule has 0 saturated heterocycles. The van der Waals surface area contributed by atoms with Crippen molar-refractivity contribution in [1.82, 2.24) is 19.7 Å². The van der Waals surface area contributed by atoms with Gasteiger partial charge in [-0.15, -0.1) is 0 Å². The molecule has 2 aromatic carbocycles. The number of nitrogens with one attached hydrogen (secondary N) is 1. The molecule has 0 unspecified atom stereocenters. The maximum absolute atomic E-state index is 12.8. The molecule has 0 saturated carbocycles. The zero-order valence-corrected chi connectivity index (χ0v) is 14.6. The van der Waals surface area contributed by atoms with Gasteiger partial charge in [0.25, 0.3) is 5.91 Å². The Morgan fingerprint density at radius 2 is 2.00 bits per heavy atom. The number of hydrogen-bond acceptors (Lipinski definition) is 2. The minimum absolute atomic E-state index is 0.0202. The van der Waals surface area contributed by atoms with Crippen molar-refractivity contribution in [2.75, 3.05) is 13.6 Å². The first-order valence-electron chi connectivity index (χ1n) is 8.61. The Bertz CT molecular complexity index is 1030. The molecule has 0 bridgehead atoms. The molecule has 1 N–H and O–H groups in total. The van der Waals surface area contributed by atoms with Crippen LogP contribution in [0.1, 0.15) is 10.4 Å². The smallest absolute Gasteiger partial charge is 0.253 e. The first-order chi connectivity index (χ1) is 12.7. The predicted octanol–water partition coefficient (Wildman–Crippen LogP) is 3.80. The molecule has 0 aliphatic carbocycles. The Balaban J connectivity index is 1.47. The molecule has 130 valence electrons. The first-order valence-corrected chi connectivity index (χ1v) is 8.61. The van der Waals surface area contributed by atoms with Gasteiger partial charge in [-0.25, -0.2) is 0 Å². The minimum atomic E-state index is 0.0202. The van der Waals surface area contributed by atoms with E-state index in [4.69, 9.17) is 0 Å². The fraction of sp³-hybridized carbons (Fsp3) is 0.143. The van der Waals surface area contributed by atoms with Gasteiger partial charge < -0.3 is 9.47 Å². The Labute approximate surface area is 151 Å². The van der Waals surface area contributed by atoms with Crippen LogP contribution in [0.15, 0.2) is 73.2 Å². The molecule has 2 aromatic heterocycles. The molecule has 1 amide bonds. The van der Waals surface area contributed by atoms with Crippen molar-refractivity contribution in [2.24, 2.45) is 0 Å². The molecule has 0 aliphatic rings. The van der Waals surface area contributed by atoms with Gasteiger partial charge in [0, 0.05) is 49.2 Å². The van der Waals surface area contributed by atoms with E-state index >= 15 is 0 Å². The summed E-state index contributed by atoms with van der Waals surface area (Å²) in [5, 5.41) is 7.99. The lowest BCUT2D eigenvalue weighted by Gasteiger charge is -2.18. The molecule has 4 rings (SSSR count). The molecular weight excluding hydrogens is 324 g/mol. The van der Waals surface area contributed by atoms with Crippen LogP contribution in [0.4, 0.5) is 0 Å². The van der Waals surface area contributed by atoms with Crippen molar-refractivity contribution in [3.63, 3.8) is 0 Å². The zero-order valence-electron chi connectivity index (χ0n) is 14.6. The lowest BCUT2D eigenvalue weighted by molar-refractivity contribution is 0.0791. The minimum Gasteiger partial charge on any atom is -0.346 e. The van der Waals surface area contributed by atoms with Crippen LogP contribution in [-0.4, -0.2) is 39.2 Å². The molecule has 0 fully saturated rings. The summed E-state index contributed by atoms with van der Waals surface area (Å²) in [7, 11) is 1.85. The number of carbonyl (C=O) groups is 1. The number of aromatic nitrogens is 3. The molecule has 5 heteroatoms. The SMILES string of the molecule is CN(CCn1ccc2ccccc21)C(=O)c1cccc(-c2cn[nH]c2)c1. The van der Waals surface area contributed by atoms with Crippen LogP contribution in [0.2, 0.25) is 0 Å². The molecule has 26 heavy (non-hydrogen) atoms. The van der Waals surface area contributed by atoms with Gasteiger partial charge >= 0.3 is 0 Å². The number of aromatic amines is 1. The summed E-state index contributed by atoms with van der Waals surface area (Å²) < 4.78 is 2.18. The van der Waals surface area contributed by atoms with E-state index in [0.717, 1.165) is 17.7 Å². The van der Waals surface area contributed by atoms with Crippen molar-refractivity contribution in [3.8, 4) is 11.1 Å². The average Bonchev–Trinajstić information content (AvgIpc) is 3.36. The van der Waals surface area contributed by atoms with Gasteiger partial charge in [0.15, 0.2) is 0 Å². The summed E-state index contributed by atoms with van der Waals surface area (Å²) in [4.78, 5) is 14.5. The van der Waals surface area contributed by atoms with Crippen molar-refractivity contribution in [2.45, 2.75) is 6.54 Å². The summed E-state index contributed by atoms with van der Waals surface area (Å²) in [6.07, 6.45) is 5.65. The van der Waals surface area contributed by atoms with Crippen LogP contribution in [0.5, 0.6) is 0 Å². The van der Waals surface area contributed by atoms with E-state index in [-0.39, 0.29) is 5.91 Å². The average molecular weight is 344 g/mol. The molecule has 0 spiro atoms. The summed E-state index contributed by atoms with van der Waals surface area (Å²) in [5.74, 6) is 0.0202. The molecule has 0 aliphatic heterocycles. The number of fused-ring (bicyclic) bond motifs is 1. The van der Waals surface area contributed by atoms with Gasteiger partial charge in [0.1, 0.15) is 0 Å². The third-order valence-corrected chi connectivity index (χ3v) is 4.64. The van der Waals surface area contributed by atoms with E-state index in [9.17, 15) is 4.79 Å². The van der Waals surface area contributed by atoms with Crippen LogP contribution in [-0.2, 0) is 6.54 Å². The third-order valence-electron chi connectivity index (χ3n) is 4.64. The number of carbonyl (C=O) groups excluding carboxylic acids is 1. The van der Waals surface area contributed by atoms with Crippen molar-refractivity contribution >= 4 is 16.8 Å². The quantitative estimate of drug-likeness (QED) is 0.599. The van der Waals surface area contributed by atoms with E-state index in [1.165, 1.54) is 10.9 Å². The highest BCUT2D eigenvalue weighted by Crippen LogP contribution is 2.20. The molecule has 5 nitrogen and oxygen atoms in total. The monoisotopic (exact) mass is 344 g/mol. The molecular formula is C21H20N4O. The summed E-state index contributed by atoms with van der Waals surface area (Å²) in [6.45, 7) is 1.41. The Hall–Kier alpha value is -3.34. The van der Waals surface area contributed by atoms with Crippen LogP contribution in [0.25, 0.3) is 22.0 Å². The second-order valence-electron chi connectivity index (χ2n) is 6.36. The third kappa shape index (κ3) is 3.11. The molecule has 4 aromatic rings. The standard InChI is InChI=1S/C21H20N4O/c1-24(11-12-25-10-9-16-5-2-3-8-20(16)25)21(26)18-7-4-6-17(13-18)19-14-22-23-15-19/h2-10,13-15H,11-12H2,1H3,(H,22,23). The number of nitrogens with zero attached hydrogens (tertiary/aromatic N) is 3. The summed E-state index contributed by atoms with van der Waals surface area (Å²) in [5.41, 5.74) is 3.83. The maximum atomic E-state index is 12.8. The van der Waals surface area contributed by atoms with Crippen LogP contribution < -0.4 is 0 Å². The zero-order chi connectivity index (χ0) is 17.9. The van der Waals surface area contributed by atoms with E-state index in [1.807, 2.05) is 49.6 Å². The highest BCUT2D eigenvalue weighted by molar-refractivity contribution is 5.95. The molecule has 0 radical (unpaired) electrons. The largest absolute Gasteiger partial charge is 0.346 e. The number of amides is 1. The van der Waals surface area contributed by atoms with Gasteiger partial charge in [-0.3, -0.25) is 9.89 Å². The normalized spacial score (nSPS) is 11.0. The maximum Gasteiger partial charge on any atom is 0.253 e. The fourth-order valence-corrected chi connectivity index (χ4v) is 3.16. The van der Waals surface area contributed by atoms with Crippen molar-refractivity contribution in [3.05, 3.63) is 78.8 Å². The number of likely N-dealkylation sites (N-methyl/N-ethyl adjacent to an activating group) is 1. The Morgan fingerprint density at radius 1 is 1.12 bits per heavy atom. The Morgan fingerprint density at radius 3 is 2.85 bits per heavy atom. The predicted molar refractivity (Wildman–Crippen MR) is 103 cm³/mol. The molecule has 2 heterocycles. The number of benzene rings is 2. The van der Waals surface area contributed by atoms with E-state index in [1.54, 1.807) is 11.1 Å². The number of rotatable bonds is 5. The van der Waals surface area contributed by atoms with Gasteiger partial charge in [0.2, 0.25) is 0 Å².